The van der Waals surface area contributed by atoms with Crippen molar-refractivity contribution in [3.05, 3.63) is 59.9 Å². The summed E-state index contributed by atoms with van der Waals surface area (Å²) in [4.78, 5) is 11.7. The van der Waals surface area contributed by atoms with Crippen LogP contribution in [0.15, 0.2) is 47.4 Å². The number of carbonyl (C=O) groups excluding carboxylic acids is 1. The summed E-state index contributed by atoms with van der Waals surface area (Å²) in [5, 5.41) is 1.99. The van der Waals surface area contributed by atoms with E-state index in [4.69, 9.17) is 0 Å². The molecule has 0 aliphatic carbocycles. The van der Waals surface area contributed by atoms with Crippen LogP contribution in [0, 0.1) is 17.5 Å². The minimum absolute atomic E-state index is 0.249. The third-order valence-corrected chi connectivity index (χ3v) is 4.62. The van der Waals surface area contributed by atoms with Gasteiger partial charge in [-0.05, 0) is 43.3 Å². The first-order valence-electron chi connectivity index (χ1n) is 6.73. The fraction of sp³-hybridized carbons (Fsp3) is 0.133. The van der Waals surface area contributed by atoms with Gasteiger partial charge in [-0.15, -0.1) is 0 Å². The van der Waals surface area contributed by atoms with E-state index in [-0.39, 0.29) is 4.90 Å². The van der Waals surface area contributed by atoms with Crippen molar-refractivity contribution in [3.63, 3.8) is 0 Å². The first kappa shape index (κ1) is 18.0. The molecule has 24 heavy (non-hydrogen) atoms. The Hall–Kier alpha value is -2.39. The second-order valence-electron chi connectivity index (χ2n) is 4.88. The molecule has 0 aliphatic heterocycles. The van der Waals surface area contributed by atoms with Gasteiger partial charge in [0, 0.05) is 0 Å². The van der Waals surface area contributed by atoms with Crippen LogP contribution in [0.2, 0.25) is 0 Å². The lowest BCUT2D eigenvalue weighted by Gasteiger charge is -2.15. The molecule has 0 saturated heterocycles. The largest absolute Gasteiger partial charge is 0.320 e. The second kappa shape index (κ2) is 7.02. The van der Waals surface area contributed by atoms with Gasteiger partial charge in [0.05, 0.1) is 10.9 Å². The maximum absolute atomic E-state index is 13.5. The summed E-state index contributed by atoms with van der Waals surface area (Å²) in [6.45, 7) is 1.20. The monoisotopic (exact) mass is 358 g/mol. The van der Waals surface area contributed by atoms with E-state index in [1.54, 1.807) is 0 Å². The van der Waals surface area contributed by atoms with E-state index >= 15 is 0 Å². The van der Waals surface area contributed by atoms with Crippen molar-refractivity contribution in [2.24, 2.45) is 0 Å². The number of para-hydroxylation sites is 1. The zero-order valence-corrected chi connectivity index (χ0v) is 13.2. The van der Waals surface area contributed by atoms with Gasteiger partial charge in [-0.25, -0.2) is 21.6 Å². The van der Waals surface area contributed by atoms with Crippen molar-refractivity contribution in [1.29, 1.82) is 0 Å². The van der Waals surface area contributed by atoms with Crippen molar-refractivity contribution >= 4 is 21.6 Å². The summed E-state index contributed by atoms with van der Waals surface area (Å²) in [7, 11) is -4.10. The Labute approximate surface area is 136 Å². The van der Waals surface area contributed by atoms with Gasteiger partial charge in [0.25, 0.3) is 0 Å². The molecular weight excluding hydrogens is 345 g/mol. The number of amides is 1. The Morgan fingerprint density at radius 1 is 1.00 bits per heavy atom. The third-order valence-electron chi connectivity index (χ3n) is 3.06. The standard InChI is InChI=1S/C15H13F3N2O3S/c1-9(15(21)19-14-12(17)3-2-4-13(14)18)20-24(22,23)11-7-5-10(16)6-8-11/h2-9,20H,1H3,(H,19,21)/t9-/m0/s1. The maximum Gasteiger partial charge on any atom is 0.242 e. The van der Waals surface area contributed by atoms with Crippen LogP contribution in [0.1, 0.15) is 6.92 Å². The zero-order valence-electron chi connectivity index (χ0n) is 12.4. The Bertz CT molecular complexity index is 835. The summed E-state index contributed by atoms with van der Waals surface area (Å²) in [6.07, 6.45) is 0. The van der Waals surface area contributed by atoms with Gasteiger partial charge in [-0.2, -0.15) is 4.72 Å². The summed E-state index contributed by atoms with van der Waals surface area (Å²) in [6, 6.07) is 5.66. The minimum Gasteiger partial charge on any atom is -0.320 e. The molecule has 128 valence electrons. The molecule has 1 atom stereocenters. The van der Waals surface area contributed by atoms with Crippen LogP contribution in [0.4, 0.5) is 18.9 Å². The molecule has 2 rings (SSSR count). The lowest BCUT2D eigenvalue weighted by atomic mass is 10.2. The molecular formula is C15H13F3N2O3S. The first-order chi connectivity index (χ1) is 11.2. The number of halogens is 3. The van der Waals surface area contributed by atoms with E-state index in [0.29, 0.717) is 0 Å². The van der Waals surface area contributed by atoms with Crippen LogP contribution in [0.25, 0.3) is 0 Å². The van der Waals surface area contributed by atoms with Crippen molar-refractivity contribution < 1.29 is 26.4 Å². The van der Waals surface area contributed by atoms with E-state index in [0.717, 1.165) is 42.5 Å². The van der Waals surface area contributed by atoms with Crippen LogP contribution in [-0.2, 0) is 14.8 Å². The van der Waals surface area contributed by atoms with Gasteiger partial charge in [-0.3, -0.25) is 4.79 Å². The lowest BCUT2D eigenvalue weighted by Crippen LogP contribution is -2.41. The van der Waals surface area contributed by atoms with Gasteiger partial charge in [0.1, 0.15) is 23.1 Å². The van der Waals surface area contributed by atoms with Crippen molar-refractivity contribution in [2.75, 3.05) is 5.32 Å². The number of hydrogen-bond acceptors (Lipinski definition) is 3. The molecule has 0 saturated carbocycles. The highest BCUT2D eigenvalue weighted by Crippen LogP contribution is 2.18. The van der Waals surface area contributed by atoms with Crippen LogP contribution >= 0.6 is 0 Å². The van der Waals surface area contributed by atoms with Crippen molar-refractivity contribution in [2.45, 2.75) is 17.9 Å². The summed E-state index contributed by atoms with van der Waals surface area (Å²) in [5.74, 6) is -3.55. The highest BCUT2D eigenvalue weighted by atomic mass is 32.2. The first-order valence-corrected chi connectivity index (χ1v) is 8.22. The minimum atomic E-state index is -4.10. The summed E-state index contributed by atoms with van der Waals surface area (Å²) < 4.78 is 66.0. The fourth-order valence-electron chi connectivity index (χ4n) is 1.82. The van der Waals surface area contributed by atoms with E-state index in [2.05, 4.69) is 0 Å². The summed E-state index contributed by atoms with van der Waals surface area (Å²) in [5.41, 5.74) is -0.671. The molecule has 0 aromatic heterocycles. The second-order valence-corrected chi connectivity index (χ2v) is 6.60. The van der Waals surface area contributed by atoms with Gasteiger partial charge in [0.15, 0.2) is 0 Å². The van der Waals surface area contributed by atoms with Crippen molar-refractivity contribution in [1.82, 2.24) is 4.72 Å². The topological polar surface area (TPSA) is 75.3 Å². The van der Waals surface area contributed by atoms with Gasteiger partial charge in [-0.1, -0.05) is 6.07 Å². The lowest BCUT2D eigenvalue weighted by molar-refractivity contribution is -0.117. The molecule has 5 nitrogen and oxygen atoms in total. The average molecular weight is 358 g/mol. The molecule has 0 unspecified atom stereocenters. The van der Waals surface area contributed by atoms with Crippen LogP contribution in [-0.4, -0.2) is 20.4 Å². The van der Waals surface area contributed by atoms with E-state index < -0.39 is 45.1 Å². The van der Waals surface area contributed by atoms with Crippen LogP contribution in [0.3, 0.4) is 0 Å². The Kier molecular flexibility index (Phi) is 5.25. The predicted molar refractivity (Wildman–Crippen MR) is 81.2 cm³/mol. The normalized spacial score (nSPS) is 12.7. The molecule has 2 N–H and O–H groups in total. The highest BCUT2D eigenvalue weighted by Gasteiger charge is 2.23. The molecule has 9 heteroatoms. The molecule has 0 spiro atoms. The molecule has 2 aromatic carbocycles. The molecule has 0 heterocycles. The van der Waals surface area contributed by atoms with E-state index in [1.165, 1.54) is 6.92 Å². The molecule has 0 fully saturated rings. The van der Waals surface area contributed by atoms with Crippen LogP contribution < -0.4 is 10.0 Å². The van der Waals surface area contributed by atoms with Crippen LogP contribution in [0.5, 0.6) is 0 Å². The smallest absolute Gasteiger partial charge is 0.242 e. The SMILES string of the molecule is C[C@H](NS(=O)(=O)c1ccc(F)cc1)C(=O)Nc1c(F)cccc1F. The molecule has 2 aromatic rings. The molecule has 0 bridgehead atoms. The number of benzene rings is 2. The maximum atomic E-state index is 13.5. The molecule has 1 amide bonds. The Morgan fingerprint density at radius 3 is 2.08 bits per heavy atom. The summed E-state index contributed by atoms with van der Waals surface area (Å²) >= 11 is 0. The van der Waals surface area contributed by atoms with Gasteiger partial charge >= 0.3 is 0 Å². The van der Waals surface area contributed by atoms with Gasteiger partial charge in [0.2, 0.25) is 15.9 Å². The van der Waals surface area contributed by atoms with Crippen molar-refractivity contribution in [3.8, 4) is 0 Å². The van der Waals surface area contributed by atoms with Gasteiger partial charge < -0.3 is 5.32 Å². The highest BCUT2D eigenvalue weighted by molar-refractivity contribution is 7.89. The predicted octanol–water partition coefficient (Wildman–Crippen LogP) is 2.41. The number of rotatable bonds is 5. The number of hydrogen-bond donors (Lipinski definition) is 2. The number of nitrogens with one attached hydrogen (secondary N) is 2. The quantitative estimate of drug-likeness (QED) is 0.862. The molecule has 0 aliphatic rings. The van der Waals surface area contributed by atoms with E-state index in [1.807, 2.05) is 10.0 Å². The average Bonchev–Trinajstić information content (AvgIpc) is 2.51. The molecule has 0 radical (unpaired) electrons. The Balaban J connectivity index is 2.12. The number of carbonyl (C=O) groups is 1. The number of sulfonamides is 1. The fourth-order valence-corrected chi connectivity index (χ4v) is 3.02. The third kappa shape index (κ3) is 4.12. The van der Waals surface area contributed by atoms with E-state index in [9.17, 15) is 26.4 Å². The number of anilines is 1. The Morgan fingerprint density at radius 2 is 1.54 bits per heavy atom. The zero-order chi connectivity index (χ0) is 17.9.